The lowest BCUT2D eigenvalue weighted by Crippen LogP contribution is -2.64. The van der Waals surface area contributed by atoms with Crippen molar-refractivity contribution in [3.8, 4) is 0 Å². The summed E-state index contributed by atoms with van der Waals surface area (Å²) in [5, 5.41) is 0. The molecule has 1 spiro atoms. The topological polar surface area (TPSA) is 49.9 Å². The van der Waals surface area contributed by atoms with Crippen LogP contribution in [0.5, 0.6) is 0 Å². The Bertz CT molecular complexity index is 632. The first-order valence-electron chi connectivity index (χ1n) is 9.38. The van der Waals surface area contributed by atoms with Gasteiger partial charge in [0.15, 0.2) is 0 Å². The Labute approximate surface area is 148 Å². The van der Waals surface area contributed by atoms with E-state index < -0.39 is 0 Å². The van der Waals surface area contributed by atoms with Gasteiger partial charge in [-0.2, -0.15) is 0 Å². The molecule has 0 aliphatic carbocycles. The Morgan fingerprint density at radius 3 is 2.44 bits per heavy atom. The highest BCUT2D eigenvalue weighted by atomic mass is 16.5. The van der Waals surface area contributed by atoms with E-state index in [4.69, 9.17) is 4.74 Å². The molecule has 2 amide bonds. The number of ether oxygens (including phenoxy) is 1. The van der Waals surface area contributed by atoms with Crippen molar-refractivity contribution in [1.29, 1.82) is 0 Å². The second kappa shape index (κ2) is 6.79. The second-order valence-corrected chi connectivity index (χ2v) is 7.64. The van der Waals surface area contributed by atoms with Crippen LogP contribution in [0.25, 0.3) is 0 Å². The average molecular weight is 342 g/mol. The molecule has 5 heteroatoms. The number of carbonyl (C=O) groups is 2. The van der Waals surface area contributed by atoms with Crippen LogP contribution in [0.3, 0.4) is 0 Å². The third-order valence-corrected chi connectivity index (χ3v) is 6.05. The fraction of sp³-hybridized carbons (Fsp3) is 0.600. The molecular formula is C20H26N2O3. The second-order valence-electron chi connectivity index (χ2n) is 7.64. The number of amides is 2. The van der Waals surface area contributed by atoms with Gasteiger partial charge in [0, 0.05) is 45.3 Å². The molecule has 25 heavy (non-hydrogen) atoms. The molecule has 3 aliphatic rings. The first kappa shape index (κ1) is 16.6. The van der Waals surface area contributed by atoms with Gasteiger partial charge in [0.25, 0.3) is 0 Å². The van der Waals surface area contributed by atoms with E-state index in [1.54, 1.807) is 0 Å². The maximum atomic E-state index is 12.7. The smallest absolute Gasteiger partial charge is 0.231 e. The van der Waals surface area contributed by atoms with E-state index in [0.29, 0.717) is 19.8 Å². The van der Waals surface area contributed by atoms with Gasteiger partial charge < -0.3 is 14.5 Å². The van der Waals surface area contributed by atoms with E-state index in [1.807, 2.05) is 28.0 Å². The van der Waals surface area contributed by atoms with Crippen LogP contribution >= 0.6 is 0 Å². The number of hydrogen-bond donors (Lipinski definition) is 0. The van der Waals surface area contributed by atoms with Gasteiger partial charge >= 0.3 is 0 Å². The summed E-state index contributed by atoms with van der Waals surface area (Å²) < 4.78 is 5.35. The number of piperidine rings is 1. The molecule has 3 saturated heterocycles. The minimum absolute atomic E-state index is 0.120. The summed E-state index contributed by atoms with van der Waals surface area (Å²) >= 11 is 0. The van der Waals surface area contributed by atoms with Crippen LogP contribution in [-0.4, -0.2) is 54.5 Å². The number of benzene rings is 1. The first-order valence-corrected chi connectivity index (χ1v) is 9.38. The minimum atomic E-state index is -0.207. The van der Waals surface area contributed by atoms with Crippen LogP contribution < -0.4 is 0 Å². The van der Waals surface area contributed by atoms with Gasteiger partial charge in [0.2, 0.25) is 11.8 Å². The van der Waals surface area contributed by atoms with E-state index in [9.17, 15) is 9.59 Å². The third-order valence-electron chi connectivity index (χ3n) is 6.05. The van der Waals surface area contributed by atoms with Crippen molar-refractivity contribution in [2.75, 3.05) is 32.8 Å². The molecule has 0 unspecified atom stereocenters. The number of likely N-dealkylation sites (tertiary alicyclic amines) is 2. The van der Waals surface area contributed by atoms with Crippen LogP contribution in [0.1, 0.15) is 31.2 Å². The SMILES string of the molecule is O=C(C1CCOCC1)N1CCC2(CC1)CN(Cc1ccccc1)C2=O. The maximum Gasteiger partial charge on any atom is 0.231 e. The Morgan fingerprint density at radius 1 is 1.12 bits per heavy atom. The van der Waals surface area contributed by atoms with Crippen molar-refractivity contribution in [1.82, 2.24) is 9.80 Å². The molecule has 0 radical (unpaired) electrons. The summed E-state index contributed by atoms with van der Waals surface area (Å²) in [6.07, 6.45) is 3.30. The van der Waals surface area contributed by atoms with E-state index >= 15 is 0 Å². The van der Waals surface area contributed by atoms with Gasteiger partial charge in [0.05, 0.1) is 5.41 Å². The predicted octanol–water partition coefficient (Wildman–Crippen LogP) is 2.06. The van der Waals surface area contributed by atoms with Crippen LogP contribution in [0.2, 0.25) is 0 Å². The molecule has 3 aliphatic heterocycles. The maximum absolute atomic E-state index is 12.7. The van der Waals surface area contributed by atoms with E-state index in [2.05, 4.69) is 12.1 Å². The molecule has 0 atom stereocenters. The number of carbonyl (C=O) groups excluding carboxylic acids is 2. The van der Waals surface area contributed by atoms with Crippen molar-refractivity contribution in [2.24, 2.45) is 11.3 Å². The summed E-state index contributed by atoms with van der Waals surface area (Å²) in [7, 11) is 0. The Hall–Kier alpha value is -1.88. The Morgan fingerprint density at radius 2 is 1.80 bits per heavy atom. The summed E-state index contributed by atoms with van der Waals surface area (Å²) in [4.78, 5) is 29.3. The summed E-state index contributed by atoms with van der Waals surface area (Å²) in [6, 6.07) is 10.1. The average Bonchev–Trinajstić information content (AvgIpc) is 2.69. The molecule has 5 nitrogen and oxygen atoms in total. The van der Waals surface area contributed by atoms with E-state index in [1.165, 1.54) is 5.56 Å². The number of hydrogen-bond acceptors (Lipinski definition) is 3. The molecular weight excluding hydrogens is 316 g/mol. The zero-order valence-electron chi connectivity index (χ0n) is 14.7. The van der Waals surface area contributed by atoms with Crippen LogP contribution in [-0.2, 0) is 20.9 Å². The van der Waals surface area contributed by atoms with Gasteiger partial charge in [-0.25, -0.2) is 0 Å². The van der Waals surface area contributed by atoms with Gasteiger partial charge in [-0.3, -0.25) is 9.59 Å². The highest BCUT2D eigenvalue weighted by Gasteiger charge is 2.53. The standard InChI is InChI=1S/C20H26N2O3/c23-18(17-6-12-25-13-7-17)21-10-8-20(9-11-21)15-22(19(20)24)14-16-4-2-1-3-5-16/h1-5,17H,6-15H2. The number of β-lactam (4-membered cyclic amide) rings is 1. The van der Waals surface area contributed by atoms with E-state index in [-0.39, 0.29) is 23.1 Å². The highest BCUT2D eigenvalue weighted by molar-refractivity contribution is 5.89. The van der Waals surface area contributed by atoms with Crippen molar-refractivity contribution >= 4 is 11.8 Å². The fourth-order valence-corrected chi connectivity index (χ4v) is 4.41. The lowest BCUT2D eigenvalue weighted by Gasteiger charge is -2.52. The highest BCUT2D eigenvalue weighted by Crippen LogP contribution is 2.42. The van der Waals surface area contributed by atoms with Crippen molar-refractivity contribution in [3.05, 3.63) is 35.9 Å². The van der Waals surface area contributed by atoms with Crippen LogP contribution in [0, 0.1) is 11.3 Å². The Balaban J connectivity index is 1.30. The zero-order valence-corrected chi connectivity index (χ0v) is 14.7. The lowest BCUT2D eigenvalue weighted by molar-refractivity contribution is -0.169. The molecule has 134 valence electrons. The van der Waals surface area contributed by atoms with Crippen molar-refractivity contribution in [3.63, 3.8) is 0 Å². The summed E-state index contributed by atoms with van der Waals surface area (Å²) in [5.41, 5.74) is 0.971. The molecule has 1 aromatic rings. The molecule has 0 N–H and O–H groups in total. The van der Waals surface area contributed by atoms with Crippen LogP contribution in [0.15, 0.2) is 30.3 Å². The summed E-state index contributed by atoms with van der Waals surface area (Å²) in [5.74, 6) is 0.662. The first-order chi connectivity index (χ1) is 12.2. The lowest BCUT2D eigenvalue weighted by atomic mass is 9.70. The quantitative estimate of drug-likeness (QED) is 0.790. The summed E-state index contributed by atoms with van der Waals surface area (Å²) in [6.45, 7) is 4.37. The largest absolute Gasteiger partial charge is 0.381 e. The Kier molecular flexibility index (Phi) is 4.50. The van der Waals surface area contributed by atoms with Crippen molar-refractivity contribution < 1.29 is 14.3 Å². The predicted molar refractivity (Wildman–Crippen MR) is 93.6 cm³/mol. The molecule has 1 aromatic carbocycles. The normalized spacial score (nSPS) is 23.6. The van der Waals surface area contributed by atoms with Gasteiger partial charge in [-0.05, 0) is 31.2 Å². The zero-order chi connectivity index (χ0) is 17.3. The number of nitrogens with zero attached hydrogens (tertiary/aromatic N) is 2. The van der Waals surface area contributed by atoms with Gasteiger partial charge in [-0.1, -0.05) is 30.3 Å². The third kappa shape index (κ3) is 3.17. The fourth-order valence-electron chi connectivity index (χ4n) is 4.41. The van der Waals surface area contributed by atoms with Gasteiger partial charge in [-0.15, -0.1) is 0 Å². The van der Waals surface area contributed by atoms with E-state index in [0.717, 1.165) is 45.3 Å². The monoisotopic (exact) mass is 342 g/mol. The van der Waals surface area contributed by atoms with Gasteiger partial charge in [0.1, 0.15) is 0 Å². The molecule has 3 heterocycles. The van der Waals surface area contributed by atoms with Crippen LogP contribution in [0.4, 0.5) is 0 Å². The molecule has 3 fully saturated rings. The molecule has 4 rings (SSSR count). The number of rotatable bonds is 3. The minimum Gasteiger partial charge on any atom is -0.381 e. The van der Waals surface area contributed by atoms with Crippen molar-refractivity contribution in [2.45, 2.75) is 32.2 Å². The molecule has 0 bridgehead atoms. The molecule has 0 saturated carbocycles. The molecule has 0 aromatic heterocycles.